The third-order valence-corrected chi connectivity index (χ3v) is 5.35. The van der Waals surface area contributed by atoms with E-state index in [0.717, 1.165) is 44.6 Å². The van der Waals surface area contributed by atoms with Crippen molar-refractivity contribution in [3.8, 4) is 0 Å². The fraction of sp³-hybridized carbons (Fsp3) is 0.769. The van der Waals surface area contributed by atoms with Crippen LogP contribution < -0.4 is 5.32 Å². The number of hydrogen-bond acceptors (Lipinski definition) is 5. The number of nitrogens with one attached hydrogen (secondary N) is 1. The summed E-state index contributed by atoms with van der Waals surface area (Å²) in [7, 11) is 2.03. The van der Waals surface area contributed by atoms with Gasteiger partial charge in [-0.1, -0.05) is 0 Å². The Morgan fingerprint density at radius 3 is 2.39 bits per heavy atom. The fourth-order valence-electron chi connectivity index (χ4n) is 2.99. The van der Waals surface area contributed by atoms with Crippen LogP contribution in [0, 0.1) is 6.92 Å². The van der Waals surface area contributed by atoms with E-state index in [1.165, 1.54) is 5.01 Å². The summed E-state index contributed by atoms with van der Waals surface area (Å²) in [4.78, 5) is 4.67. The lowest BCUT2D eigenvalue weighted by Crippen LogP contribution is -2.48. The van der Waals surface area contributed by atoms with Gasteiger partial charge in [-0.2, -0.15) is 0 Å². The molecule has 0 bridgehead atoms. The van der Waals surface area contributed by atoms with Gasteiger partial charge in [-0.3, -0.25) is 0 Å². The molecule has 1 aromatic rings. The van der Waals surface area contributed by atoms with Crippen molar-refractivity contribution in [3.05, 3.63) is 16.1 Å². The second kappa shape index (κ2) is 4.56. The van der Waals surface area contributed by atoms with Crippen LogP contribution in [0.5, 0.6) is 0 Å². The van der Waals surface area contributed by atoms with Crippen molar-refractivity contribution < 1.29 is 9.47 Å². The molecule has 100 valence electrons. The summed E-state index contributed by atoms with van der Waals surface area (Å²) in [6.45, 7) is 3.53. The lowest BCUT2D eigenvalue weighted by molar-refractivity contribution is -0.186. The number of aromatic nitrogens is 1. The number of rotatable bonds is 2. The summed E-state index contributed by atoms with van der Waals surface area (Å²) in [5, 5.41) is 6.82. The van der Waals surface area contributed by atoms with Crippen LogP contribution in [0.15, 0.2) is 5.38 Å². The molecule has 1 saturated carbocycles. The monoisotopic (exact) mass is 268 g/mol. The molecule has 5 heteroatoms. The molecule has 18 heavy (non-hydrogen) atoms. The van der Waals surface area contributed by atoms with Crippen LogP contribution in [-0.4, -0.2) is 31.0 Å². The Hall–Kier alpha value is -0.490. The number of ether oxygens (including phenoxy) is 2. The zero-order chi connectivity index (χ0) is 12.6. The van der Waals surface area contributed by atoms with Gasteiger partial charge in [0, 0.05) is 23.9 Å². The molecular weight excluding hydrogens is 248 g/mol. The van der Waals surface area contributed by atoms with Gasteiger partial charge in [0.1, 0.15) is 5.01 Å². The smallest absolute Gasteiger partial charge is 0.168 e. The van der Waals surface area contributed by atoms with Crippen LogP contribution in [0.2, 0.25) is 0 Å². The van der Waals surface area contributed by atoms with Gasteiger partial charge in [0.15, 0.2) is 5.79 Å². The highest BCUT2D eigenvalue weighted by Gasteiger charge is 2.47. The van der Waals surface area contributed by atoms with Crippen LogP contribution in [-0.2, 0) is 15.0 Å². The maximum Gasteiger partial charge on any atom is 0.168 e. The minimum atomic E-state index is -0.299. The Morgan fingerprint density at radius 2 is 1.89 bits per heavy atom. The minimum Gasteiger partial charge on any atom is -0.348 e. The summed E-state index contributed by atoms with van der Waals surface area (Å²) < 4.78 is 11.6. The van der Waals surface area contributed by atoms with E-state index < -0.39 is 0 Å². The molecule has 1 saturated heterocycles. The molecule has 0 amide bonds. The zero-order valence-electron chi connectivity index (χ0n) is 11.0. The van der Waals surface area contributed by atoms with E-state index in [2.05, 4.69) is 22.6 Å². The van der Waals surface area contributed by atoms with Crippen LogP contribution in [0.1, 0.15) is 36.4 Å². The van der Waals surface area contributed by atoms with Gasteiger partial charge in [-0.05, 0) is 26.8 Å². The Bertz CT molecular complexity index is 416. The van der Waals surface area contributed by atoms with Gasteiger partial charge >= 0.3 is 0 Å². The molecule has 1 aromatic heterocycles. The minimum absolute atomic E-state index is 0.0134. The highest BCUT2D eigenvalue weighted by Crippen LogP contribution is 2.45. The largest absolute Gasteiger partial charge is 0.348 e. The van der Waals surface area contributed by atoms with Gasteiger partial charge < -0.3 is 14.8 Å². The second-order valence-electron chi connectivity index (χ2n) is 5.23. The van der Waals surface area contributed by atoms with E-state index in [1.54, 1.807) is 11.3 Å². The number of aryl methyl sites for hydroxylation is 1. The third kappa shape index (κ3) is 1.99. The van der Waals surface area contributed by atoms with E-state index in [1.807, 2.05) is 7.05 Å². The van der Waals surface area contributed by atoms with Gasteiger partial charge in [0.2, 0.25) is 0 Å². The quantitative estimate of drug-likeness (QED) is 0.893. The van der Waals surface area contributed by atoms with Gasteiger partial charge in [0.05, 0.1) is 18.8 Å². The van der Waals surface area contributed by atoms with Crippen molar-refractivity contribution in [2.75, 3.05) is 20.3 Å². The van der Waals surface area contributed by atoms with E-state index in [0.29, 0.717) is 0 Å². The Morgan fingerprint density at radius 1 is 1.22 bits per heavy atom. The van der Waals surface area contributed by atoms with Crippen LogP contribution in [0.4, 0.5) is 0 Å². The Labute approximate surface area is 112 Å². The van der Waals surface area contributed by atoms with Gasteiger partial charge in [-0.25, -0.2) is 4.98 Å². The Kier molecular flexibility index (Phi) is 3.18. The molecule has 2 aliphatic rings. The van der Waals surface area contributed by atoms with E-state index >= 15 is 0 Å². The third-order valence-electron chi connectivity index (χ3n) is 4.19. The average molecular weight is 268 g/mol. The number of nitrogens with zero attached hydrogens (tertiary/aromatic N) is 1. The van der Waals surface area contributed by atoms with Crippen molar-refractivity contribution in [1.29, 1.82) is 0 Å². The standard InChI is InChI=1S/C13H20N2O2S/c1-10-9-18-11(15-10)12(14-2)3-5-13(6-4-12)16-7-8-17-13/h9,14H,3-8H2,1-2H3. The topological polar surface area (TPSA) is 43.4 Å². The fourth-order valence-corrected chi connectivity index (χ4v) is 4.05. The lowest BCUT2D eigenvalue weighted by atomic mass is 9.79. The lowest BCUT2D eigenvalue weighted by Gasteiger charge is -2.42. The normalized spacial score (nSPS) is 25.7. The van der Waals surface area contributed by atoms with Gasteiger partial charge in [-0.15, -0.1) is 11.3 Å². The first-order valence-corrected chi connectivity index (χ1v) is 7.46. The molecular formula is C13H20N2O2S. The Balaban J connectivity index is 1.79. The SMILES string of the molecule is CNC1(c2nc(C)cs2)CCC2(CC1)OCCO2. The molecule has 0 radical (unpaired) electrons. The summed E-state index contributed by atoms with van der Waals surface area (Å²) in [5.41, 5.74) is 1.12. The van der Waals surface area contributed by atoms with Gasteiger partial charge in [0.25, 0.3) is 0 Å². The molecule has 2 fully saturated rings. The molecule has 0 atom stereocenters. The zero-order valence-corrected chi connectivity index (χ0v) is 11.8. The molecule has 1 N–H and O–H groups in total. The molecule has 1 spiro atoms. The molecule has 1 aliphatic heterocycles. The summed E-state index contributed by atoms with van der Waals surface area (Å²) in [6, 6.07) is 0. The molecule has 2 heterocycles. The van der Waals surface area contributed by atoms with Crippen LogP contribution in [0.3, 0.4) is 0 Å². The maximum absolute atomic E-state index is 5.79. The number of thiazole rings is 1. The highest BCUT2D eigenvalue weighted by molar-refractivity contribution is 7.09. The summed E-state index contributed by atoms with van der Waals surface area (Å²) in [6.07, 6.45) is 3.95. The van der Waals surface area contributed by atoms with Crippen molar-refractivity contribution in [2.24, 2.45) is 0 Å². The second-order valence-corrected chi connectivity index (χ2v) is 6.09. The predicted molar refractivity (Wildman–Crippen MR) is 70.7 cm³/mol. The molecule has 0 aromatic carbocycles. The maximum atomic E-state index is 5.79. The first-order valence-electron chi connectivity index (χ1n) is 6.58. The average Bonchev–Trinajstić information content (AvgIpc) is 3.01. The van der Waals surface area contributed by atoms with Crippen molar-refractivity contribution in [3.63, 3.8) is 0 Å². The summed E-state index contributed by atoms with van der Waals surface area (Å²) in [5.74, 6) is -0.299. The molecule has 1 aliphatic carbocycles. The highest BCUT2D eigenvalue weighted by atomic mass is 32.1. The number of hydrogen-bond donors (Lipinski definition) is 1. The summed E-state index contributed by atoms with van der Waals surface area (Å²) >= 11 is 1.76. The van der Waals surface area contributed by atoms with Crippen molar-refractivity contribution in [1.82, 2.24) is 10.3 Å². The van der Waals surface area contributed by atoms with E-state index in [-0.39, 0.29) is 11.3 Å². The molecule has 4 nitrogen and oxygen atoms in total. The van der Waals surface area contributed by atoms with E-state index in [9.17, 15) is 0 Å². The van der Waals surface area contributed by atoms with Crippen LogP contribution >= 0.6 is 11.3 Å². The van der Waals surface area contributed by atoms with Crippen LogP contribution in [0.25, 0.3) is 0 Å². The van der Waals surface area contributed by atoms with E-state index in [4.69, 9.17) is 9.47 Å². The first kappa shape index (κ1) is 12.5. The van der Waals surface area contributed by atoms with Crippen molar-refractivity contribution in [2.45, 2.75) is 43.9 Å². The van der Waals surface area contributed by atoms with Crippen molar-refractivity contribution >= 4 is 11.3 Å². The predicted octanol–water partition coefficient (Wildman–Crippen LogP) is 2.18. The first-order chi connectivity index (χ1) is 8.68. The molecule has 0 unspecified atom stereocenters. The molecule has 3 rings (SSSR count).